The zero-order chi connectivity index (χ0) is 19.6. The van der Waals surface area contributed by atoms with E-state index in [4.69, 9.17) is 0 Å². The summed E-state index contributed by atoms with van der Waals surface area (Å²) in [5.41, 5.74) is 3.01. The van der Waals surface area contributed by atoms with Gasteiger partial charge in [-0.15, -0.1) is 0 Å². The quantitative estimate of drug-likeness (QED) is 0.530. The maximum absolute atomic E-state index is 12.4. The molecule has 0 radical (unpaired) electrons. The van der Waals surface area contributed by atoms with Gasteiger partial charge in [0.25, 0.3) is 5.91 Å². The van der Waals surface area contributed by atoms with Gasteiger partial charge >= 0.3 is 5.69 Å². The van der Waals surface area contributed by atoms with E-state index in [1.807, 2.05) is 25.4 Å². The molecular weight excluding hydrogens is 348 g/mol. The maximum atomic E-state index is 12.4. The van der Waals surface area contributed by atoms with Gasteiger partial charge in [0, 0.05) is 18.8 Å². The Bertz CT molecular complexity index is 1000. The van der Waals surface area contributed by atoms with E-state index in [0.717, 1.165) is 11.3 Å². The molecule has 0 unspecified atom stereocenters. The molecule has 3 rings (SSSR count). The van der Waals surface area contributed by atoms with E-state index in [0.29, 0.717) is 30.0 Å². The average Bonchev–Trinajstić information content (AvgIpc) is 3.15. The molecule has 2 aromatic heterocycles. The van der Waals surface area contributed by atoms with Crippen LogP contribution in [0.4, 0.5) is 5.69 Å². The van der Waals surface area contributed by atoms with Crippen molar-refractivity contribution in [1.82, 2.24) is 24.9 Å². The number of hydrogen-bond acceptors (Lipinski definition) is 5. The largest absolute Gasteiger partial charge is 0.346 e. The lowest BCUT2D eigenvalue weighted by molar-refractivity contribution is -0.386. The first kappa shape index (κ1) is 18.3. The van der Waals surface area contributed by atoms with Crippen LogP contribution in [-0.4, -0.2) is 30.4 Å². The van der Waals surface area contributed by atoms with Crippen molar-refractivity contribution < 1.29 is 9.72 Å². The first-order chi connectivity index (χ1) is 12.8. The molecule has 0 saturated carbocycles. The second-order valence-corrected chi connectivity index (χ2v) is 6.30. The van der Waals surface area contributed by atoms with Crippen molar-refractivity contribution in [2.75, 3.05) is 0 Å². The number of carbonyl (C=O) groups is 1. The molecule has 2 heterocycles. The van der Waals surface area contributed by atoms with Crippen LogP contribution < -0.4 is 5.32 Å². The summed E-state index contributed by atoms with van der Waals surface area (Å²) < 4.78 is 3.26. The average molecular weight is 368 g/mol. The Kier molecular flexibility index (Phi) is 5.02. The fourth-order valence-corrected chi connectivity index (χ4v) is 2.92. The van der Waals surface area contributed by atoms with E-state index in [-0.39, 0.29) is 11.6 Å². The molecule has 3 aromatic rings. The number of rotatable bonds is 6. The predicted molar refractivity (Wildman–Crippen MR) is 98.3 cm³/mol. The number of aryl methyl sites for hydroxylation is 2. The highest BCUT2D eigenvalue weighted by molar-refractivity contribution is 5.94. The third-order valence-corrected chi connectivity index (χ3v) is 4.25. The van der Waals surface area contributed by atoms with Crippen LogP contribution in [0.2, 0.25) is 0 Å². The standard InChI is InChI=1S/C18H20N6O3/c1-12-17(24(26)27)13(2)23(20-12)11-14-5-4-6-15(9-14)18(25)19-10-16-7-8-22(3)21-16/h4-9H,10-11H2,1-3H3,(H,19,25). The van der Waals surface area contributed by atoms with E-state index < -0.39 is 4.92 Å². The molecule has 0 bridgehead atoms. The first-order valence-corrected chi connectivity index (χ1v) is 8.39. The van der Waals surface area contributed by atoms with Crippen LogP contribution in [0, 0.1) is 24.0 Å². The molecule has 0 aliphatic carbocycles. The highest BCUT2D eigenvalue weighted by Crippen LogP contribution is 2.22. The van der Waals surface area contributed by atoms with Crippen LogP contribution >= 0.6 is 0 Å². The molecule has 140 valence electrons. The lowest BCUT2D eigenvalue weighted by Crippen LogP contribution is -2.23. The molecule has 1 amide bonds. The molecule has 0 saturated heterocycles. The summed E-state index contributed by atoms with van der Waals surface area (Å²) in [6.07, 6.45) is 1.82. The Hall–Kier alpha value is -3.49. The molecule has 1 aromatic carbocycles. The van der Waals surface area contributed by atoms with Crippen LogP contribution in [0.3, 0.4) is 0 Å². The van der Waals surface area contributed by atoms with Crippen molar-refractivity contribution in [2.24, 2.45) is 7.05 Å². The van der Waals surface area contributed by atoms with Crippen LogP contribution in [0.15, 0.2) is 36.5 Å². The van der Waals surface area contributed by atoms with Crippen molar-refractivity contribution in [1.29, 1.82) is 0 Å². The Morgan fingerprint density at radius 2 is 2.04 bits per heavy atom. The molecule has 0 atom stereocenters. The van der Waals surface area contributed by atoms with Crippen molar-refractivity contribution in [3.63, 3.8) is 0 Å². The minimum absolute atomic E-state index is 0.0271. The van der Waals surface area contributed by atoms with Crippen molar-refractivity contribution in [3.05, 3.63) is 74.9 Å². The lowest BCUT2D eigenvalue weighted by atomic mass is 10.1. The number of nitro groups is 1. The number of nitrogens with zero attached hydrogens (tertiary/aromatic N) is 5. The van der Waals surface area contributed by atoms with Gasteiger partial charge in [0.05, 0.1) is 23.7 Å². The van der Waals surface area contributed by atoms with Gasteiger partial charge < -0.3 is 5.32 Å². The number of benzene rings is 1. The number of amides is 1. The van der Waals surface area contributed by atoms with E-state index in [1.165, 1.54) is 0 Å². The van der Waals surface area contributed by atoms with E-state index in [1.54, 1.807) is 41.4 Å². The molecule has 27 heavy (non-hydrogen) atoms. The fraction of sp³-hybridized carbons (Fsp3) is 0.278. The summed E-state index contributed by atoms with van der Waals surface area (Å²) in [5, 5.41) is 22.4. The maximum Gasteiger partial charge on any atom is 0.312 e. The summed E-state index contributed by atoms with van der Waals surface area (Å²) >= 11 is 0. The van der Waals surface area contributed by atoms with Crippen LogP contribution in [0.5, 0.6) is 0 Å². The summed E-state index contributed by atoms with van der Waals surface area (Å²) in [4.78, 5) is 23.1. The number of carbonyl (C=O) groups excluding carboxylic acids is 1. The minimum Gasteiger partial charge on any atom is -0.346 e. The number of hydrogen-bond donors (Lipinski definition) is 1. The predicted octanol–water partition coefficient (Wildman–Crippen LogP) is 2.12. The van der Waals surface area contributed by atoms with Crippen molar-refractivity contribution >= 4 is 11.6 Å². The molecule has 0 spiro atoms. The third-order valence-electron chi connectivity index (χ3n) is 4.25. The summed E-state index contributed by atoms with van der Waals surface area (Å²) in [7, 11) is 1.82. The molecule has 9 nitrogen and oxygen atoms in total. The number of nitrogens with one attached hydrogen (secondary N) is 1. The van der Waals surface area contributed by atoms with E-state index in [2.05, 4.69) is 15.5 Å². The second-order valence-electron chi connectivity index (χ2n) is 6.30. The van der Waals surface area contributed by atoms with Gasteiger partial charge in [0.1, 0.15) is 11.4 Å². The zero-order valence-electron chi connectivity index (χ0n) is 15.3. The minimum atomic E-state index is -0.421. The monoisotopic (exact) mass is 368 g/mol. The van der Waals surface area contributed by atoms with Gasteiger partial charge in [0.2, 0.25) is 0 Å². The SMILES string of the molecule is Cc1nn(Cc2cccc(C(=O)NCc3ccn(C)n3)c2)c(C)c1[N+](=O)[O-]. The normalized spacial score (nSPS) is 10.8. The van der Waals surface area contributed by atoms with E-state index in [9.17, 15) is 14.9 Å². The molecule has 0 aliphatic rings. The molecule has 0 aliphatic heterocycles. The van der Waals surface area contributed by atoms with Crippen molar-refractivity contribution in [3.8, 4) is 0 Å². The van der Waals surface area contributed by atoms with Crippen LogP contribution in [0.25, 0.3) is 0 Å². The fourth-order valence-electron chi connectivity index (χ4n) is 2.92. The van der Waals surface area contributed by atoms with Crippen LogP contribution in [0.1, 0.15) is 33.0 Å². The molecule has 1 N–H and O–H groups in total. The second kappa shape index (κ2) is 7.40. The van der Waals surface area contributed by atoms with Crippen molar-refractivity contribution in [2.45, 2.75) is 26.9 Å². The van der Waals surface area contributed by atoms with Gasteiger partial charge in [-0.05, 0) is 37.6 Å². The van der Waals surface area contributed by atoms with Gasteiger partial charge in [-0.1, -0.05) is 12.1 Å². The van der Waals surface area contributed by atoms with Gasteiger partial charge in [-0.2, -0.15) is 10.2 Å². The Balaban J connectivity index is 1.73. The Morgan fingerprint density at radius 1 is 1.26 bits per heavy atom. The smallest absolute Gasteiger partial charge is 0.312 e. The molecule has 9 heteroatoms. The zero-order valence-corrected chi connectivity index (χ0v) is 15.3. The summed E-state index contributed by atoms with van der Waals surface area (Å²) in [5.74, 6) is -0.207. The number of aromatic nitrogens is 4. The van der Waals surface area contributed by atoms with Gasteiger partial charge in [-0.3, -0.25) is 24.3 Å². The summed E-state index contributed by atoms with van der Waals surface area (Å²) in [6.45, 7) is 3.97. The van der Waals surface area contributed by atoms with Gasteiger partial charge in [-0.25, -0.2) is 0 Å². The molecular formula is C18H20N6O3. The Labute approximate surface area is 155 Å². The third kappa shape index (κ3) is 4.02. The van der Waals surface area contributed by atoms with Crippen LogP contribution in [-0.2, 0) is 20.1 Å². The lowest BCUT2D eigenvalue weighted by Gasteiger charge is -2.07. The van der Waals surface area contributed by atoms with E-state index >= 15 is 0 Å². The topological polar surface area (TPSA) is 108 Å². The highest BCUT2D eigenvalue weighted by atomic mass is 16.6. The summed E-state index contributed by atoms with van der Waals surface area (Å²) in [6, 6.07) is 8.96. The van der Waals surface area contributed by atoms with Gasteiger partial charge in [0.15, 0.2) is 0 Å². The first-order valence-electron chi connectivity index (χ1n) is 8.39. The Morgan fingerprint density at radius 3 is 2.67 bits per heavy atom. The molecule has 0 fully saturated rings. The highest BCUT2D eigenvalue weighted by Gasteiger charge is 2.21.